The lowest BCUT2D eigenvalue weighted by atomic mass is 10.0. The van der Waals surface area contributed by atoms with Crippen molar-refractivity contribution in [1.82, 2.24) is 15.2 Å². The van der Waals surface area contributed by atoms with Crippen molar-refractivity contribution >= 4 is 10.9 Å². The van der Waals surface area contributed by atoms with Crippen molar-refractivity contribution in [2.75, 3.05) is 39.9 Å². The van der Waals surface area contributed by atoms with Crippen LogP contribution >= 0.6 is 0 Å². The number of hydrogen-bond acceptors (Lipinski definition) is 6. The average molecular weight is 454 g/mol. The van der Waals surface area contributed by atoms with Crippen LogP contribution in [-0.4, -0.2) is 60.9 Å². The van der Waals surface area contributed by atoms with Crippen LogP contribution in [0.5, 0.6) is 11.5 Å². The second-order valence-electron chi connectivity index (χ2n) is 8.56. The number of nitrogens with zero attached hydrogens (tertiary/aromatic N) is 2. The van der Waals surface area contributed by atoms with E-state index in [9.17, 15) is 9.50 Å². The van der Waals surface area contributed by atoms with Gasteiger partial charge in [0.25, 0.3) is 0 Å². The molecule has 6 nitrogen and oxygen atoms in total. The van der Waals surface area contributed by atoms with Gasteiger partial charge < -0.3 is 24.8 Å². The van der Waals surface area contributed by atoms with Crippen LogP contribution < -0.4 is 14.8 Å². The highest BCUT2D eigenvalue weighted by atomic mass is 19.1. The van der Waals surface area contributed by atoms with Crippen LogP contribution in [0.2, 0.25) is 0 Å². The van der Waals surface area contributed by atoms with Crippen LogP contribution in [0.15, 0.2) is 48.7 Å². The number of ether oxygens (including phenoxy) is 2. The molecule has 33 heavy (non-hydrogen) atoms. The first-order valence-electron chi connectivity index (χ1n) is 11.5. The number of methoxy groups -OCH3 is 1. The molecule has 0 radical (unpaired) electrons. The number of pyridine rings is 1. The number of aliphatic hydroxyl groups excluding tert-OH is 1. The average Bonchev–Trinajstić information content (AvgIpc) is 2.83. The van der Waals surface area contributed by atoms with Crippen molar-refractivity contribution in [3.63, 3.8) is 0 Å². The zero-order chi connectivity index (χ0) is 23.2. The molecule has 2 aromatic carbocycles. The molecule has 7 heteroatoms. The smallest absolute Gasteiger partial charge is 0.165 e. The molecule has 0 saturated carbocycles. The Labute approximate surface area is 194 Å². The Morgan fingerprint density at radius 3 is 2.79 bits per heavy atom. The van der Waals surface area contributed by atoms with E-state index in [0.717, 1.165) is 53.7 Å². The van der Waals surface area contributed by atoms with Gasteiger partial charge in [-0.15, -0.1) is 0 Å². The number of piperidine rings is 1. The molecule has 0 bridgehead atoms. The van der Waals surface area contributed by atoms with Gasteiger partial charge in [-0.05, 0) is 74.3 Å². The largest absolute Gasteiger partial charge is 0.497 e. The number of para-hydroxylation sites is 1. The second kappa shape index (κ2) is 10.9. The minimum atomic E-state index is -0.593. The lowest BCUT2D eigenvalue weighted by Crippen LogP contribution is -2.44. The maximum atomic E-state index is 13.8. The zero-order valence-corrected chi connectivity index (χ0v) is 19.3. The number of halogens is 1. The summed E-state index contributed by atoms with van der Waals surface area (Å²) < 4.78 is 24.8. The summed E-state index contributed by atoms with van der Waals surface area (Å²) in [6.45, 7) is 5.35. The van der Waals surface area contributed by atoms with Crippen LogP contribution in [-0.2, 0) is 0 Å². The highest BCUT2D eigenvalue weighted by Crippen LogP contribution is 2.28. The number of nitrogens with one attached hydrogen (secondary N) is 1. The molecule has 1 aliphatic heterocycles. The van der Waals surface area contributed by atoms with E-state index in [2.05, 4.69) is 15.2 Å². The Balaban J connectivity index is 1.24. The number of likely N-dealkylation sites (tertiary alicyclic amines) is 1. The molecule has 1 saturated heterocycles. The third-order valence-electron chi connectivity index (χ3n) is 6.31. The van der Waals surface area contributed by atoms with Gasteiger partial charge >= 0.3 is 0 Å². The van der Waals surface area contributed by atoms with Crippen LogP contribution in [0.3, 0.4) is 0 Å². The van der Waals surface area contributed by atoms with Crippen molar-refractivity contribution in [3.05, 3.63) is 65.6 Å². The van der Waals surface area contributed by atoms with Gasteiger partial charge in [0.2, 0.25) is 0 Å². The predicted molar refractivity (Wildman–Crippen MR) is 127 cm³/mol. The summed E-state index contributed by atoms with van der Waals surface area (Å²) in [5.74, 6) is 0.775. The molecule has 1 atom stereocenters. The number of aromatic nitrogens is 1. The van der Waals surface area contributed by atoms with Crippen molar-refractivity contribution in [3.8, 4) is 11.5 Å². The molecule has 2 N–H and O–H groups in total. The summed E-state index contributed by atoms with van der Waals surface area (Å²) in [7, 11) is 1.64. The maximum absolute atomic E-state index is 13.8. The summed E-state index contributed by atoms with van der Waals surface area (Å²) >= 11 is 0. The second-order valence-corrected chi connectivity index (χ2v) is 8.56. The van der Waals surface area contributed by atoms with E-state index in [0.29, 0.717) is 31.5 Å². The summed E-state index contributed by atoms with van der Waals surface area (Å²) in [5.41, 5.74) is 2.53. The highest BCUT2D eigenvalue weighted by Gasteiger charge is 2.22. The van der Waals surface area contributed by atoms with Crippen molar-refractivity contribution in [1.29, 1.82) is 0 Å². The summed E-state index contributed by atoms with van der Waals surface area (Å²) in [6.07, 6.45) is 3.14. The van der Waals surface area contributed by atoms with Crippen LogP contribution in [0, 0.1) is 12.7 Å². The minimum Gasteiger partial charge on any atom is -0.497 e. The van der Waals surface area contributed by atoms with Gasteiger partial charge in [0.15, 0.2) is 11.6 Å². The third kappa shape index (κ3) is 5.79. The first-order chi connectivity index (χ1) is 16.0. The Hall–Kier alpha value is -2.74. The molecule has 0 spiro atoms. The third-order valence-corrected chi connectivity index (χ3v) is 6.31. The van der Waals surface area contributed by atoms with E-state index in [-0.39, 0.29) is 5.82 Å². The SMILES string of the molecule is COc1ccc2nccc([C@@H](O)CN3CCC(NCCOc4c(C)cccc4F)CC3)c2c1. The van der Waals surface area contributed by atoms with Gasteiger partial charge in [0, 0.05) is 30.7 Å². The van der Waals surface area contributed by atoms with E-state index in [1.165, 1.54) is 6.07 Å². The number of rotatable bonds is 9. The predicted octanol–water partition coefficient (Wildman–Crippen LogP) is 3.86. The van der Waals surface area contributed by atoms with E-state index >= 15 is 0 Å². The maximum Gasteiger partial charge on any atom is 0.165 e. The number of benzene rings is 2. The van der Waals surface area contributed by atoms with Gasteiger partial charge in [-0.1, -0.05) is 12.1 Å². The fourth-order valence-corrected chi connectivity index (χ4v) is 4.44. The van der Waals surface area contributed by atoms with Crippen LogP contribution in [0.1, 0.15) is 30.1 Å². The van der Waals surface area contributed by atoms with E-state index < -0.39 is 6.10 Å². The Morgan fingerprint density at radius 1 is 1.21 bits per heavy atom. The fraction of sp³-hybridized carbons (Fsp3) is 0.423. The van der Waals surface area contributed by atoms with Crippen molar-refractivity contribution in [2.24, 2.45) is 0 Å². The molecule has 0 amide bonds. The molecular weight excluding hydrogens is 421 g/mol. The number of β-amino-alcohol motifs (C(OH)–C–C–N with tert-alkyl or cyclic N) is 1. The molecule has 1 fully saturated rings. The Bertz CT molecular complexity index is 1050. The summed E-state index contributed by atoms with van der Waals surface area (Å²) in [6, 6.07) is 13.0. The van der Waals surface area contributed by atoms with E-state index in [4.69, 9.17) is 9.47 Å². The molecule has 1 aliphatic rings. The number of aliphatic hydroxyl groups is 1. The molecule has 0 aliphatic carbocycles. The summed E-state index contributed by atoms with van der Waals surface area (Å²) in [5, 5.41) is 15.4. The van der Waals surface area contributed by atoms with E-state index in [1.54, 1.807) is 19.4 Å². The lowest BCUT2D eigenvalue weighted by molar-refractivity contribution is 0.0945. The highest BCUT2D eigenvalue weighted by molar-refractivity contribution is 5.83. The lowest BCUT2D eigenvalue weighted by Gasteiger charge is -2.33. The van der Waals surface area contributed by atoms with Gasteiger partial charge in [-0.3, -0.25) is 4.98 Å². The normalized spacial score (nSPS) is 16.1. The Morgan fingerprint density at radius 2 is 2.03 bits per heavy atom. The molecule has 4 rings (SSSR count). The molecular formula is C26H32FN3O3. The van der Waals surface area contributed by atoms with Gasteiger partial charge in [0.05, 0.1) is 18.7 Å². The zero-order valence-electron chi connectivity index (χ0n) is 19.3. The molecule has 0 unspecified atom stereocenters. The number of fused-ring (bicyclic) bond motifs is 1. The van der Waals surface area contributed by atoms with E-state index in [1.807, 2.05) is 37.3 Å². The van der Waals surface area contributed by atoms with Crippen molar-refractivity contribution < 1.29 is 19.0 Å². The van der Waals surface area contributed by atoms with Gasteiger partial charge in [0.1, 0.15) is 12.4 Å². The first kappa shape index (κ1) is 23.4. The van der Waals surface area contributed by atoms with Gasteiger partial charge in [-0.25, -0.2) is 4.39 Å². The topological polar surface area (TPSA) is 66.9 Å². The summed E-state index contributed by atoms with van der Waals surface area (Å²) in [4.78, 5) is 6.70. The first-order valence-corrected chi connectivity index (χ1v) is 11.5. The fourth-order valence-electron chi connectivity index (χ4n) is 4.44. The van der Waals surface area contributed by atoms with Crippen LogP contribution in [0.25, 0.3) is 10.9 Å². The van der Waals surface area contributed by atoms with Gasteiger partial charge in [-0.2, -0.15) is 0 Å². The molecule has 2 heterocycles. The number of hydrogen-bond donors (Lipinski definition) is 2. The Kier molecular flexibility index (Phi) is 7.75. The monoisotopic (exact) mass is 453 g/mol. The molecule has 176 valence electrons. The molecule has 1 aromatic heterocycles. The minimum absolute atomic E-state index is 0.317. The number of aryl methyl sites for hydroxylation is 1. The van der Waals surface area contributed by atoms with Crippen molar-refractivity contribution in [2.45, 2.75) is 31.9 Å². The van der Waals surface area contributed by atoms with Crippen LogP contribution in [0.4, 0.5) is 4.39 Å². The molecule has 3 aromatic rings. The standard InChI is InChI=1S/C26H32FN3O3/c1-18-4-3-5-23(27)26(18)33-15-12-28-19-9-13-30(14-10-19)17-25(31)21-8-11-29-24-7-6-20(32-2)16-22(21)24/h3-8,11,16,19,25,28,31H,9-10,12-15,17H2,1-2H3/t25-/m0/s1. The quantitative estimate of drug-likeness (QED) is 0.480.